The van der Waals surface area contributed by atoms with Crippen molar-refractivity contribution in [1.29, 1.82) is 0 Å². The molecule has 0 atom stereocenters. The number of ether oxygens (including phenoxy) is 1. The Morgan fingerprint density at radius 3 is 1.96 bits per heavy atom. The lowest BCUT2D eigenvalue weighted by atomic mass is 10.1. The highest BCUT2D eigenvalue weighted by Gasteiger charge is 2.00. The first kappa shape index (κ1) is 21.5. The first-order valence-electron chi connectivity index (χ1n) is 10.2. The lowest BCUT2D eigenvalue weighted by Gasteiger charge is -2.02. The van der Waals surface area contributed by atoms with E-state index in [-0.39, 0.29) is 5.97 Å². The maximum Gasteiger partial charge on any atom is 0.315 e. The van der Waals surface area contributed by atoms with Gasteiger partial charge in [0.25, 0.3) is 0 Å². The predicted molar refractivity (Wildman–Crippen MR) is 107 cm³/mol. The molecule has 0 aliphatic carbocycles. The number of hydrogen-bond donors (Lipinski definition) is 0. The minimum atomic E-state index is -0.193. The van der Waals surface area contributed by atoms with Crippen LogP contribution in [0.4, 0.5) is 0 Å². The van der Waals surface area contributed by atoms with Gasteiger partial charge in [-0.15, -0.1) is 0 Å². The Labute approximate surface area is 154 Å². The van der Waals surface area contributed by atoms with Crippen molar-refractivity contribution in [1.82, 2.24) is 0 Å². The Morgan fingerprint density at radius 2 is 1.36 bits per heavy atom. The first-order valence-corrected chi connectivity index (χ1v) is 10.2. The number of carbonyl (C=O) groups is 1. The van der Waals surface area contributed by atoms with E-state index in [1.54, 1.807) is 12.1 Å². The molecule has 0 aromatic heterocycles. The van der Waals surface area contributed by atoms with Gasteiger partial charge in [-0.3, -0.25) is 4.79 Å². The molecular formula is C23H36O2. The van der Waals surface area contributed by atoms with Gasteiger partial charge in [0.05, 0.1) is 6.42 Å². The van der Waals surface area contributed by atoms with Gasteiger partial charge in [0.2, 0.25) is 0 Å². The zero-order valence-corrected chi connectivity index (χ0v) is 16.1. The molecule has 0 aliphatic rings. The highest BCUT2D eigenvalue weighted by molar-refractivity contribution is 5.73. The summed E-state index contributed by atoms with van der Waals surface area (Å²) in [4.78, 5) is 11.7. The quantitative estimate of drug-likeness (QED) is 0.145. The molecule has 1 rings (SSSR count). The van der Waals surface area contributed by atoms with Gasteiger partial charge in [0, 0.05) is 0 Å². The van der Waals surface area contributed by atoms with Crippen LogP contribution in [-0.4, -0.2) is 5.97 Å². The Morgan fingerprint density at radius 1 is 0.800 bits per heavy atom. The van der Waals surface area contributed by atoms with Gasteiger partial charge in [0.1, 0.15) is 5.75 Å². The molecule has 1 aromatic rings. The third kappa shape index (κ3) is 13.4. The highest BCUT2D eigenvalue weighted by Crippen LogP contribution is 2.12. The van der Waals surface area contributed by atoms with Crippen molar-refractivity contribution in [2.24, 2.45) is 0 Å². The van der Waals surface area contributed by atoms with Crippen molar-refractivity contribution in [3.63, 3.8) is 0 Å². The van der Waals surface area contributed by atoms with Crippen LogP contribution in [0.25, 0.3) is 0 Å². The normalized spacial score (nSPS) is 11.1. The number of para-hydroxylation sites is 1. The van der Waals surface area contributed by atoms with E-state index in [0.717, 1.165) is 6.42 Å². The third-order valence-electron chi connectivity index (χ3n) is 4.40. The van der Waals surface area contributed by atoms with E-state index in [9.17, 15) is 4.79 Å². The highest BCUT2D eigenvalue weighted by atomic mass is 16.5. The lowest BCUT2D eigenvalue weighted by molar-refractivity contribution is -0.133. The molecule has 1 aromatic carbocycles. The van der Waals surface area contributed by atoms with Crippen LogP contribution in [0.15, 0.2) is 42.5 Å². The maximum atomic E-state index is 11.7. The van der Waals surface area contributed by atoms with Crippen LogP contribution in [0.5, 0.6) is 5.75 Å². The van der Waals surface area contributed by atoms with Crippen LogP contribution < -0.4 is 4.74 Å². The SMILES string of the molecule is CCCCCCCCCCCCCC=CCC(=O)Oc1ccccc1. The zero-order chi connectivity index (χ0) is 18.0. The third-order valence-corrected chi connectivity index (χ3v) is 4.40. The molecule has 2 heteroatoms. The van der Waals surface area contributed by atoms with Gasteiger partial charge < -0.3 is 4.74 Å². The van der Waals surface area contributed by atoms with Crippen LogP contribution in [-0.2, 0) is 4.79 Å². The topological polar surface area (TPSA) is 26.3 Å². The fourth-order valence-corrected chi connectivity index (χ4v) is 2.89. The number of rotatable bonds is 15. The summed E-state index contributed by atoms with van der Waals surface area (Å²) >= 11 is 0. The summed E-state index contributed by atoms with van der Waals surface area (Å²) in [5, 5.41) is 0. The van der Waals surface area contributed by atoms with Crippen LogP contribution in [0, 0.1) is 0 Å². The molecule has 0 bridgehead atoms. The molecule has 2 nitrogen and oxygen atoms in total. The molecule has 0 saturated carbocycles. The Balaban J connectivity index is 1.86. The molecule has 0 fully saturated rings. The second-order valence-electron chi connectivity index (χ2n) is 6.79. The Kier molecular flexibility index (Phi) is 13.7. The average Bonchev–Trinajstić information content (AvgIpc) is 2.63. The van der Waals surface area contributed by atoms with Gasteiger partial charge in [-0.05, 0) is 25.0 Å². The number of esters is 1. The van der Waals surface area contributed by atoms with Gasteiger partial charge in [-0.25, -0.2) is 0 Å². The van der Waals surface area contributed by atoms with Gasteiger partial charge in [0.15, 0.2) is 0 Å². The van der Waals surface area contributed by atoms with Crippen LogP contribution in [0.2, 0.25) is 0 Å². The summed E-state index contributed by atoms with van der Waals surface area (Å²) in [5.41, 5.74) is 0. The van der Waals surface area contributed by atoms with Gasteiger partial charge in [-0.1, -0.05) is 101 Å². The Bertz CT molecular complexity index is 450. The van der Waals surface area contributed by atoms with Gasteiger partial charge >= 0.3 is 5.97 Å². The smallest absolute Gasteiger partial charge is 0.315 e. The van der Waals surface area contributed by atoms with E-state index in [0.29, 0.717) is 12.2 Å². The molecule has 0 radical (unpaired) electrons. The van der Waals surface area contributed by atoms with Crippen molar-refractivity contribution in [3.8, 4) is 5.75 Å². The molecule has 0 spiro atoms. The minimum absolute atomic E-state index is 0.193. The first-order chi connectivity index (χ1) is 12.3. The standard InChI is InChI=1S/C23H36O2/c1-2-3-4-5-6-7-8-9-10-11-12-13-14-18-21-23(24)25-22-19-16-15-17-20-22/h14-20H,2-13,21H2,1H3. The molecule has 140 valence electrons. The van der Waals surface area contributed by atoms with Crippen molar-refractivity contribution < 1.29 is 9.53 Å². The average molecular weight is 345 g/mol. The van der Waals surface area contributed by atoms with Crippen molar-refractivity contribution in [3.05, 3.63) is 42.5 Å². The summed E-state index contributed by atoms with van der Waals surface area (Å²) in [6, 6.07) is 9.24. The fourth-order valence-electron chi connectivity index (χ4n) is 2.89. The molecular weight excluding hydrogens is 308 g/mol. The van der Waals surface area contributed by atoms with E-state index in [4.69, 9.17) is 4.74 Å². The lowest BCUT2D eigenvalue weighted by Crippen LogP contribution is -2.05. The summed E-state index contributed by atoms with van der Waals surface area (Å²) in [7, 11) is 0. The number of allylic oxidation sites excluding steroid dienone is 1. The Hall–Kier alpha value is -1.57. The number of benzene rings is 1. The molecule has 0 amide bonds. The molecule has 0 N–H and O–H groups in total. The number of unbranched alkanes of at least 4 members (excludes halogenated alkanes) is 11. The monoisotopic (exact) mass is 344 g/mol. The van der Waals surface area contributed by atoms with Crippen molar-refractivity contribution in [2.45, 2.75) is 90.4 Å². The van der Waals surface area contributed by atoms with Crippen LogP contribution >= 0.6 is 0 Å². The summed E-state index contributed by atoms with van der Waals surface area (Å²) < 4.78 is 5.24. The van der Waals surface area contributed by atoms with Crippen molar-refractivity contribution >= 4 is 5.97 Å². The van der Waals surface area contributed by atoms with Crippen LogP contribution in [0.3, 0.4) is 0 Å². The van der Waals surface area contributed by atoms with E-state index in [1.807, 2.05) is 24.3 Å². The second-order valence-corrected chi connectivity index (χ2v) is 6.79. The maximum absolute atomic E-state index is 11.7. The summed E-state index contributed by atoms with van der Waals surface area (Å²) in [6.07, 6.45) is 20.5. The molecule has 25 heavy (non-hydrogen) atoms. The second kappa shape index (κ2) is 15.9. The van der Waals surface area contributed by atoms with Crippen LogP contribution in [0.1, 0.15) is 90.4 Å². The molecule has 0 unspecified atom stereocenters. The molecule has 0 aliphatic heterocycles. The summed E-state index contributed by atoms with van der Waals surface area (Å²) in [6.45, 7) is 2.27. The van der Waals surface area contributed by atoms with Crippen molar-refractivity contribution in [2.75, 3.05) is 0 Å². The van der Waals surface area contributed by atoms with Gasteiger partial charge in [-0.2, -0.15) is 0 Å². The predicted octanol–water partition coefficient (Wildman–Crippen LogP) is 7.24. The van der Waals surface area contributed by atoms with E-state index >= 15 is 0 Å². The van der Waals surface area contributed by atoms with E-state index in [2.05, 4.69) is 13.0 Å². The van der Waals surface area contributed by atoms with E-state index in [1.165, 1.54) is 70.6 Å². The minimum Gasteiger partial charge on any atom is -0.426 e. The number of carbonyl (C=O) groups excluding carboxylic acids is 1. The molecule has 0 saturated heterocycles. The fraction of sp³-hybridized carbons (Fsp3) is 0.609. The number of hydrogen-bond acceptors (Lipinski definition) is 2. The molecule has 0 heterocycles. The zero-order valence-electron chi connectivity index (χ0n) is 16.1. The van der Waals surface area contributed by atoms with E-state index < -0.39 is 0 Å². The summed E-state index contributed by atoms with van der Waals surface area (Å²) in [5.74, 6) is 0.424. The largest absolute Gasteiger partial charge is 0.426 e.